The van der Waals surface area contributed by atoms with Crippen molar-refractivity contribution in [1.29, 1.82) is 5.26 Å². The monoisotopic (exact) mass is 387 g/mol. The first-order valence-electron chi connectivity index (χ1n) is 8.77. The zero-order valence-electron chi connectivity index (χ0n) is 15.5. The van der Waals surface area contributed by atoms with E-state index in [1.54, 1.807) is 55.5 Å². The highest BCUT2D eigenvalue weighted by Gasteiger charge is 2.16. The van der Waals surface area contributed by atoms with E-state index in [2.05, 4.69) is 20.6 Å². The van der Waals surface area contributed by atoms with Crippen LogP contribution in [0, 0.1) is 11.3 Å². The van der Waals surface area contributed by atoms with E-state index in [9.17, 15) is 9.59 Å². The highest BCUT2D eigenvalue weighted by molar-refractivity contribution is 6.07. The standard InChI is InChI=1S/C21H17N5O3/c1-2-29-21(28)16-5-3-4-6-17(16)26-20(27)18-11-19(24-13-23-18)25-15-9-7-14(12-22)8-10-15/h3-11,13H,2H2,1H3,(H,26,27)(H,23,24,25). The van der Waals surface area contributed by atoms with E-state index in [1.165, 1.54) is 12.4 Å². The molecule has 0 aliphatic heterocycles. The van der Waals surface area contributed by atoms with E-state index < -0.39 is 11.9 Å². The van der Waals surface area contributed by atoms with E-state index in [0.29, 0.717) is 22.8 Å². The molecule has 144 valence electrons. The molecule has 1 heterocycles. The van der Waals surface area contributed by atoms with E-state index in [4.69, 9.17) is 10.00 Å². The highest BCUT2D eigenvalue weighted by Crippen LogP contribution is 2.19. The number of nitrogens with zero attached hydrogens (tertiary/aromatic N) is 3. The Hall–Kier alpha value is -4.25. The number of rotatable bonds is 6. The number of benzene rings is 2. The van der Waals surface area contributed by atoms with Crippen molar-refractivity contribution in [2.45, 2.75) is 6.92 Å². The number of amides is 1. The molecule has 0 unspecified atom stereocenters. The molecule has 0 saturated heterocycles. The fourth-order valence-electron chi connectivity index (χ4n) is 2.49. The summed E-state index contributed by atoms with van der Waals surface area (Å²) in [6.07, 6.45) is 1.26. The van der Waals surface area contributed by atoms with Crippen molar-refractivity contribution in [3.05, 3.63) is 77.7 Å². The molecule has 29 heavy (non-hydrogen) atoms. The lowest BCUT2D eigenvalue weighted by molar-refractivity contribution is 0.0527. The number of carbonyl (C=O) groups is 2. The minimum Gasteiger partial charge on any atom is -0.462 e. The maximum atomic E-state index is 12.6. The molecule has 2 N–H and O–H groups in total. The van der Waals surface area contributed by atoms with Crippen molar-refractivity contribution < 1.29 is 14.3 Å². The molecule has 0 bridgehead atoms. The van der Waals surface area contributed by atoms with Crippen LogP contribution in [0.25, 0.3) is 0 Å². The summed E-state index contributed by atoms with van der Waals surface area (Å²) in [7, 11) is 0. The SMILES string of the molecule is CCOC(=O)c1ccccc1NC(=O)c1cc(Nc2ccc(C#N)cc2)ncn1. The van der Waals surface area contributed by atoms with E-state index in [-0.39, 0.29) is 17.9 Å². The number of anilines is 3. The second-order valence-corrected chi connectivity index (χ2v) is 5.82. The van der Waals surface area contributed by atoms with Gasteiger partial charge in [-0.05, 0) is 43.3 Å². The molecule has 0 spiro atoms. The molecule has 1 amide bonds. The van der Waals surface area contributed by atoms with Crippen molar-refractivity contribution in [3.63, 3.8) is 0 Å². The van der Waals surface area contributed by atoms with Crippen LogP contribution in [0.4, 0.5) is 17.2 Å². The van der Waals surface area contributed by atoms with Crippen molar-refractivity contribution in [3.8, 4) is 6.07 Å². The summed E-state index contributed by atoms with van der Waals surface area (Å²) < 4.78 is 5.01. The molecule has 0 aliphatic rings. The Balaban J connectivity index is 1.76. The van der Waals surface area contributed by atoms with Gasteiger partial charge in [-0.15, -0.1) is 0 Å². The van der Waals surface area contributed by atoms with Gasteiger partial charge in [0.05, 0.1) is 29.5 Å². The molecule has 0 aliphatic carbocycles. The zero-order chi connectivity index (χ0) is 20.6. The Morgan fingerprint density at radius 2 is 1.86 bits per heavy atom. The smallest absolute Gasteiger partial charge is 0.340 e. The van der Waals surface area contributed by atoms with Gasteiger partial charge in [-0.2, -0.15) is 5.26 Å². The molecule has 0 atom stereocenters. The zero-order valence-corrected chi connectivity index (χ0v) is 15.5. The Morgan fingerprint density at radius 1 is 1.10 bits per heavy atom. The van der Waals surface area contributed by atoms with Crippen molar-refractivity contribution in [1.82, 2.24) is 9.97 Å². The lowest BCUT2D eigenvalue weighted by atomic mass is 10.1. The van der Waals surface area contributed by atoms with Gasteiger partial charge in [-0.25, -0.2) is 14.8 Å². The fraction of sp³-hybridized carbons (Fsp3) is 0.0952. The number of para-hydroxylation sites is 1. The van der Waals surface area contributed by atoms with E-state index in [0.717, 1.165) is 0 Å². The molecular formula is C21H17N5O3. The second kappa shape index (κ2) is 9.10. The molecule has 8 heteroatoms. The van der Waals surface area contributed by atoms with Crippen molar-refractivity contribution >= 4 is 29.1 Å². The van der Waals surface area contributed by atoms with Gasteiger partial charge in [0, 0.05) is 11.8 Å². The van der Waals surface area contributed by atoms with Gasteiger partial charge in [-0.1, -0.05) is 12.1 Å². The van der Waals surface area contributed by atoms with E-state index >= 15 is 0 Å². The Morgan fingerprint density at radius 3 is 2.59 bits per heavy atom. The van der Waals surface area contributed by atoms with Crippen LogP contribution >= 0.6 is 0 Å². The minimum atomic E-state index is -0.519. The normalized spacial score (nSPS) is 9.93. The van der Waals surface area contributed by atoms with Crippen LogP contribution in [-0.4, -0.2) is 28.5 Å². The summed E-state index contributed by atoms with van der Waals surface area (Å²) in [5, 5.41) is 14.6. The van der Waals surface area contributed by atoms with Gasteiger partial charge < -0.3 is 15.4 Å². The Kier molecular flexibility index (Phi) is 6.12. The predicted molar refractivity (Wildman–Crippen MR) is 107 cm³/mol. The van der Waals surface area contributed by atoms with Crippen molar-refractivity contribution in [2.24, 2.45) is 0 Å². The van der Waals surface area contributed by atoms with Gasteiger partial charge >= 0.3 is 5.97 Å². The molecule has 1 aromatic heterocycles. The van der Waals surface area contributed by atoms with Crippen LogP contribution < -0.4 is 10.6 Å². The average Bonchev–Trinajstić information content (AvgIpc) is 2.75. The summed E-state index contributed by atoms with van der Waals surface area (Å²) in [5.41, 5.74) is 1.96. The third kappa shape index (κ3) is 4.93. The highest BCUT2D eigenvalue weighted by atomic mass is 16.5. The van der Waals surface area contributed by atoms with Crippen molar-refractivity contribution in [2.75, 3.05) is 17.2 Å². The Labute approximate surface area is 167 Å². The van der Waals surface area contributed by atoms with Crippen LogP contribution in [0.5, 0.6) is 0 Å². The number of nitriles is 1. The van der Waals surface area contributed by atoms with Gasteiger partial charge in [0.25, 0.3) is 5.91 Å². The largest absolute Gasteiger partial charge is 0.462 e. The molecule has 8 nitrogen and oxygen atoms in total. The molecule has 0 fully saturated rings. The quantitative estimate of drug-likeness (QED) is 0.621. The lowest BCUT2D eigenvalue weighted by Crippen LogP contribution is -2.17. The molecule has 0 radical (unpaired) electrons. The van der Waals surface area contributed by atoms with Gasteiger partial charge in [0.1, 0.15) is 17.8 Å². The molecule has 2 aromatic carbocycles. The molecule has 0 saturated carbocycles. The Bertz CT molecular complexity index is 1070. The van der Waals surface area contributed by atoms with Gasteiger partial charge in [0.2, 0.25) is 0 Å². The summed E-state index contributed by atoms with van der Waals surface area (Å²) in [6.45, 7) is 1.94. The molecular weight excluding hydrogens is 370 g/mol. The third-order valence-electron chi connectivity index (χ3n) is 3.86. The van der Waals surface area contributed by atoms with Crippen LogP contribution in [0.15, 0.2) is 60.9 Å². The van der Waals surface area contributed by atoms with Crippen LogP contribution in [0.3, 0.4) is 0 Å². The van der Waals surface area contributed by atoms with E-state index in [1.807, 2.05) is 6.07 Å². The van der Waals surface area contributed by atoms with Crippen LogP contribution in [0.1, 0.15) is 33.3 Å². The number of aromatic nitrogens is 2. The fourth-order valence-corrected chi connectivity index (χ4v) is 2.49. The number of hydrogen-bond donors (Lipinski definition) is 2. The number of hydrogen-bond acceptors (Lipinski definition) is 7. The van der Waals surface area contributed by atoms with Crippen LogP contribution in [0.2, 0.25) is 0 Å². The van der Waals surface area contributed by atoms with Crippen LogP contribution in [-0.2, 0) is 4.74 Å². The summed E-state index contributed by atoms with van der Waals surface area (Å²) >= 11 is 0. The van der Waals surface area contributed by atoms with Gasteiger partial charge in [-0.3, -0.25) is 4.79 Å². The lowest BCUT2D eigenvalue weighted by Gasteiger charge is -2.11. The summed E-state index contributed by atoms with van der Waals surface area (Å²) in [5.74, 6) is -0.602. The topological polar surface area (TPSA) is 117 Å². The predicted octanol–water partition coefficient (Wildman–Crippen LogP) is 3.52. The summed E-state index contributed by atoms with van der Waals surface area (Å²) in [6, 6.07) is 16.9. The third-order valence-corrected chi connectivity index (χ3v) is 3.86. The number of ether oxygens (including phenoxy) is 1. The number of carbonyl (C=O) groups excluding carboxylic acids is 2. The average molecular weight is 387 g/mol. The minimum absolute atomic E-state index is 0.120. The first-order chi connectivity index (χ1) is 14.1. The first-order valence-corrected chi connectivity index (χ1v) is 8.77. The van der Waals surface area contributed by atoms with Gasteiger partial charge in [0.15, 0.2) is 0 Å². The second-order valence-electron chi connectivity index (χ2n) is 5.82. The number of esters is 1. The molecule has 3 aromatic rings. The molecule has 3 rings (SSSR count). The maximum absolute atomic E-state index is 12.6. The summed E-state index contributed by atoms with van der Waals surface area (Å²) in [4.78, 5) is 32.8. The first kappa shape index (κ1) is 19.5. The number of nitrogens with one attached hydrogen (secondary N) is 2. The maximum Gasteiger partial charge on any atom is 0.340 e.